The lowest BCUT2D eigenvalue weighted by Crippen LogP contribution is -2.40. The molecule has 4 aromatic carbocycles. The van der Waals surface area contributed by atoms with Crippen molar-refractivity contribution in [2.75, 3.05) is 20.8 Å². The molecule has 0 bridgehead atoms. The zero-order valence-electron chi connectivity index (χ0n) is 27.0. The molecule has 1 aliphatic rings. The van der Waals surface area contributed by atoms with Crippen LogP contribution in [0.1, 0.15) is 46.9 Å². The molecule has 12 heteroatoms. The normalized spacial score (nSPS) is 14.3. The molecular formula is C37H31ClN2O8S. The number of aromatic carboxylic acids is 1. The van der Waals surface area contributed by atoms with Gasteiger partial charge in [-0.15, -0.1) is 0 Å². The van der Waals surface area contributed by atoms with Gasteiger partial charge in [0.05, 0.1) is 47.2 Å². The maximum absolute atomic E-state index is 14.3. The van der Waals surface area contributed by atoms with E-state index in [9.17, 15) is 19.5 Å². The average Bonchev–Trinajstić information content (AvgIpc) is 3.40. The lowest BCUT2D eigenvalue weighted by molar-refractivity contribution is -0.139. The van der Waals surface area contributed by atoms with E-state index in [1.165, 1.54) is 35.1 Å². The third-order valence-corrected chi connectivity index (χ3v) is 9.31. The second-order valence-electron chi connectivity index (χ2n) is 11.0. The van der Waals surface area contributed by atoms with E-state index in [0.717, 1.165) is 10.8 Å². The van der Waals surface area contributed by atoms with Crippen LogP contribution in [0, 0.1) is 0 Å². The van der Waals surface area contributed by atoms with Crippen LogP contribution in [-0.4, -0.2) is 42.4 Å². The number of hydrogen-bond acceptors (Lipinski definition) is 9. The number of ether oxygens (including phenoxy) is 4. The smallest absolute Gasteiger partial charge is 0.338 e. The van der Waals surface area contributed by atoms with Gasteiger partial charge in [0.1, 0.15) is 18.4 Å². The van der Waals surface area contributed by atoms with Crippen LogP contribution < -0.4 is 29.1 Å². The Labute approximate surface area is 289 Å². The van der Waals surface area contributed by atoms with Crippen molar-refractivity contribution in [2.24, 2.45) is 4.99 Å². The number of nitrogens with zero attached hydrogens (tertiary/aromatic N) is 2. The number of carboxylic acid groups (broad SMARTS) is 1. The zero-order valence-corrected chi connectivity index (χ0v) is 28.6. The predicted octanol–water partition coefficient (Wildman–Crippen LogP) is 5.90. The van der Waals surface area contributed by atoms with E-state index >= 15 is 0 Å². The van der Waals surface area contributed by atoms with Gasteiger partial charge >= 0.3 is 11.9 Å². The van der Waals surface area contributed by atoms with Gasteiger partial charge in [-0.25, -0.2) is 14.6 Å². The molecule has 1 N–H and O–H groups in total. The van der Waals surface area contributed by atoms with E-state index in [0.29, 0.717) is 43.2 Å². The number of carbonyl (C=O) groups is 2. The highest BCUT2D eigenvalue weighted by atomic mass is 35.5. The lowest BCUT2D eigenvalue weighted by Gasteiger charge is -2.27. The zero-order chi connectivity index (χ0) is 34.8. The largest absolute Gasteiger partial charge is 0.496 e. The Morgan fingerprint density at radius 3 is 2.53 bits per heavy atom. The van der Waals surface area contributed by atoms with Crippen LogP contribution in [0.5, 0.6) is 17.2 Å². The number of allylic oxidation sites excluding steroid dienone is 1. The van der Waals surface area contributed by atoms with Crippen LogP contribution in [0.4, 0.5) is 0 Å². The first-order valence-electron chi connectivity index (χ1n) is 15.2. The Morgan fingerprint density at radius 1 is 1.02 bits per heavy atom. The Kier molecular flexibility index (Phi) is 9.57. The number of aromatic nitrogens is 1. The van der Waals surface area contributed by atoms with Crippen molar-refractivity contribution in [3.05, 3.63) is 131 Å². The first-order valence-corrected chi connectivity index (χ1v) is 16.4. The van der Waals surface area contributed by atoms with E-state index in [2.05, 4.69) is 0 Å². The van der Waals surface area contributed by atoms with Crippen molar-refractivity contribution in [3.8, 4) is 17.2 Å². The topological polar surface area (TPSA) is 126 Å². The van der Waals surface area contributed by atoms with Crippen LogP contribution in [0.2, 0.25) is 5.02 Å². The van der Waals surface area contributed by atoms with E-state index in [-0.39, 0.29) is 40.7 Å². The summed E-state index contributed by atoms with van der Waals surface area (Å²) in [7, 11) is 3.02. The summed E-state index contributed by atoms with van der Waals surface area (Å²) in [6.45, 7) is 3.66. The molecular weight excluding hydrogens is 668 g/mol. The summed E-state index contributed by atoms with van der Waals surface area (Å²) in [6.07, 6.45) is 1.68. The Morgan fingerprint density at radius 2 is 1.80 bits per heavy atom. The van der Waals surface area contributed by atoms with Gasteiger partial charge in [-0.3, -0.25) is 9.36 Å². The van der Waals surface area contributed by atoms with Crippen molar-refractivity contribution in [2.45, 2.75) is 26.5 Å². The van der Waals surface area contributed by atoms with Gasteiger partial charge in [0.25, 0.3) is 5.56 Å². The number of hydrogen-bond donors (Lipinski definition) is 1. The molecule has 10 nitrogen and oxygen atoms in total. The maximum Gasteiger partial charge on any atom is 0.338 e. The number of rotatable bonds is 10. The van der Waals surface area contributed by atoms with Gasteiger partial charge in [-0.05, 0) is 72.2 Å². The highest BCUT2D eigenvalue weighted by molar-refractivity contribution is 7.07. The molecule has 0 radical (unpaired) electrons. The third kappa shape index (κ3) is 6.42. The van der Waals surface area contributed by atoms with Crippen LogP contribution in [0.3, 0.4) is 0 Å². The summed E-state index contributed by atoms with van der Waals surface area (Å²) in [5.74, 6) is -0.515. The number of carboxylic acids is 1. The van der Waals surface area contributed by atoms with Gasteiger partial charge < -0.3 is 24.1 Å². The molecule has 5 aromatic rings. The van der Waals surface area contributed by atoms with Gasteiger partial charge in [-0.2, -0.15) is 0 Å². The van der Waals surface area contributed by atoms with Crippen molar-refractivity contribution in [3.63, 3.8) is 0 Å². The Balaban J connectivity index is 1.47. The van der Waals surface area contributed by atoms with Crippen molar-refractivity contribution < 1.29 is 33.6 Å². The molecule has 250 valence electrons. The summed E-state index contributed by atoms with van der Waals surface area (Å²) in [5, 5.41) is 11.3. The van der Waals surface area contributed by atoms with E-state index in [1.807, 2.05) is 36.4 Å². The molecule has 0 spiro atoms. The number of benzene rings is 4. The van der Waals surface area contributed by atoms with Crippen molar-refractivity contribution in [1.29, 1.82) is 0 Å². The van der Waals surface area contributed by atoms with E-state index < -0.39 is 18.0 Å². The number of methoxy groups -OCH3 is 2. The van der Waals surface area contributed by atoms with E-state index in [4.69, 9.17) is 35.5 Å². The highest BCUT2D eigenvalue weighted by Crippen LogP contribution is 2.41. The first-order chi connectivity index (χ1) is 23.6. The molecule has 0 unspecified atom stereocenters. The van der Waals surface area contributed by atoms with Gasteiger partial charge in [-0.1, -0.05) is 65.4 Å². The molecule has 1 aromatic heterocycles. The number of fused-ring (bicyclic) bond motifs is 2. The number of carbonyl (C=O) groups excluding carboxylic acids is 1. The average molecular weight is 699 g/mol. The fraction of sp³-hybridized carbons (Fsp3) is 0.189. The van der Waals surface area contributed by atoms with Gasteiger partial charge in [0.15, 0.2) is 16.3 Å². The molecule has 0 aliphatic carbocycles. The minimum absolute atomic E-state index is 0.0505. The molecule has 6 rings (SSSR count). The Hall–Kier alpha value is -5.39. The monoisotopic (exact) mass is 698 g/mol. The molecule has 2 heterocycles. The second kappa shape index (κ2) is 14.0. The number of halogens is 1. The molecule has 49 heavy (non-hydrogen) atoms. The second-order valence-corrected chi connectivity index (χ2v) is 12.4. The third-order valence-electron chi connectivity index (χ3n) is 8.05. The van der Waals surface area contributed by atoms with Crippen LogP contribution >= 0.6 is 22.9 Å². The quantitative estimate of drug-likeness (QED) is 0.179. The molecule has 1 aliphatic heterocycles. The summed E-state index contributed by atoms with van der Waals surface area (Å²) < 4.78 is 24.7. The van der Waals surface area contributed by atoms with E-state index in [1.54, 1.807) is 51.3 Å². The van der Waals surface area contributed by atoms with Gasteiger partial charge in [0, 0.05) is 5.56 Å². The van der Waals surface area contributed by atoms with Crippen molar-refractivity contribution >= 4 is 51.7 Å². The molecule has 1 atom stereocenters. The number of thiazole rings is 1. The molecule has 0 fully saturated rings. The van der Waals surface area contributed by atoms with Crippen LogP contribution in [0.25, 0.3) is 16.8 Å². The van der Waals surface area contributed by atoms with Gasteiger partial charge in [0.2, 0.25) is 0 Å². The fourth-order valence-electron chi connectivity index (χ4n) is 5.86. The highest BCUT2D eigenvalue weighted by Gasteiger charge is 2.36. The van der Waals surface area contributed by atoms with Crippen LogP contribution in [-0.2, 0) is 16.1 Å². The SMILES string of the molecule is CCOC(=O)C1=C(C)N=c2s/c(=C/c3cc(Cl)c(OCc4cccc(C(=O)O)c4)c(OC)c3)c(=O)n2[C@H]1c1c(OC)ccc2ccccc12. The van der Waals surface area contributed by atoms with Crippen molar-refractivity contribution in [1.82, 2.24) is 4.57 Å². The summed E-state index contributed by atoms with van der Waals surface area (Å²) >= 11 is 7.85. The predicted molar refractivity (Wildman–Crippen MR) is 187 cm³/mol. The summed E-state index contributed by atoms with van der Waals surface area (Å²) in [4.78, 5) is 44.3. The molecule has 0 amide bonds. The summed E-state index contributed by atoms with van der Waals surface area (Å²) in [6, 6.07) is 20.3. The summed E-state index contributed by atoms with van der Waals surface area (Å²) in [5.41, 5.74) is 2.30. The van der Waals surface area contributed by atoms with Crippen LogP contribution in [0.15, 0.2) is 93.9 Å². The molecule has 0 saturated heterocycles. The standard InChI is InChI=1S/C37H31ClN2O8S/c1-5-47-36(44)30-20(2)39-37-40(32(30)31-25-12-7-6-10-23(25)13-14-27(31)45-3)34(41)29(49-37)18-22-16-26(38)33(28(17-22)46-4)48-19-21-9-8-11-24(15-21)35(42)43/h6-18,32H,5,19H2,1-4H3,(H,42,43)/b29-18+/t32-/m1/s1. The number of esters is 1. The fourth-order valence-corrected chi connectivity index (χ4v) is 7.18. The minimum atomic E-state index is -1.04. The first kappa shape index (κ1) is 33.5. The Bertz CT molecular complexity index is 2340. The minimum Gasteiger partial charge on any atom is -0.496 e. The molecule has 0 saturated carbocycles. The maximum atomic E-state index is 14.3. The lowest BCUT2D eigenvalue weighted by atomic mass is 9.90.